The Morgan fingerprint density at radius 1 is 1.00 bits per heavy atom. The minimum absolute atomic E-state index is 0.00967. The van der Waals surface area contributed by atoms with Crippen molar-refractivity contribution in [1.29, 1.82) is 0 Å². The summed E-state index contributed by atoms with van der Waals surface area (Å²) in [7, 11) is -3.58. The van der Waals surface area contributed by atoms with Crippen molar-refractivity contribution >= 4 is 15.9 Å². The minimum atomic E-state index is -3.58. The van der Waals surface area contributed by atoms with Crippen molar-refractivity contribution in [2.45, 2.75) is 62.3 Å². The maximum atomic E-state index is 12.7. The Labute approximate surface area is 144 Å². The van der Waals surface area contributed by atoms with E-state index in [9.17, 15) is 13.2 Å². The average molecular weight is 350 g/mol. The number of hydrogen-bond acceptors (Lipinski definition) is 3. The van der Waals surface area contributed by atoms with Crippen LogP contribution in [0.15, 0.2) is 29.2 Å². The topological polar surface area (TPSA) is 66.5 Å². The predicted octanol–water partition coefficient (Wildman–Crippen LogP) is 2.92. The predicted molar refractivity (Wildman–Crippen MR) is 93.4 cm³/mol. The number of rotatable bonds is 4. The number of amides is 1. The fraction of sp³-hybridized carbons (Fsp3) is 0.611. The van der Waals surface area contributed by atoms with E-state index in [0.29, 0.717) is 5.56 Å². The zero-order chi connectivity index (χ0) is 17.0. The highest BCUT2D eigenvalue weighted by Gasteiger charge is 2.24. The molecule has 24 heavy (non-hydrogen) atoms. The van der Waals surface area contributed by atoms with Gasteiger partial charge in [-0.2, -0.15) is 0 Å². The summed E-state index contributed by atoms with van der Waals surface area (Å²) in [6.45, 7) is 1.52. The summed E-state index contributed by atoms with van der Waals surface area (Å²) in [5, 5.41) is 0. The second-order valence-corrected chi connectivity index (χ2v) is 8.55. The van der Waals surface area contributed by atoms with Crippen LogP contribution in [-0.2, 0) is 10.0 Å². The van der Waals surface area contributed by atoms with E-state index in [-0.39, 0.29) is 16.8 Å². The lowest BCUT2D eigenvalue weighted by molar-refractivity contribution is 0.0792. The molecule has 1 heterocycles. The molecule has 0 bridgehead atoms. The molecule has 0 atom stereocenters. The Hall–Kier alpha value is -1.40. The Morgan fingerprint density at radius 3 is 2.33 bits per heavy atom. The van der Waals surface area contributed by atoms with Crippen molar-refractivity contribution in [3.05, 3.63) is 29.8 Å². The van der Waals surface area contributed by atoms with E-state index in [4.69, 9.17) is 0 Å². The molecule has 1 aliphatic carbocycles. The Morgan fingerprint density at radius 2 is 1.67 bits per heavy atom. The fourth-order valence-electron chi connectivity index (χ4n) is 3.58. The number of nitrogens with one attached hydrogen (secondary N) is 1. The third-order valence-corrected chi connectivity index (χ3v) is 6.48. The number of carbonyl (C=O) groups is 1. The van der Waals surface area contributed by atoms with E-state index in [1.54, 1.807) is 23.1 Å². The van der Waals surface area contributed by atoms with Gasteiger partial charge < -0.3 is 4.90 Å². The summed E-state index contributed by atoms with van der Waals surface area (Å²) >= 11 is 0. The van der Waals surface area contributed by atoms with Gasteiger partial charge in [0.15, 0.2) is 0 Å². The molecule has 2 fully saturated rings. The number of sulfonamides is 1. The fourth-order valence-corrected chi connectivity index (χ4v) is 4.93. The average Bonchev–Trinajstić information content (AvgIpc) is 3.00. The number of benzene rings is 1. The number of carbonyl (C=O) groups excluding carboxylic acids is 1. The Balaban J connectivity index is 1.75. The summed E-state index contributed by atoms with van der Waals surface area (Å²) < 4.78 is 28.2. The van der Waals surface area contributed by atoms with Gasteiger partial charge in [0, 0.05) is 24.7 Å². The maximum Gasteiger partial charge on any atom is 0.253 e. The van der Waals surface area contributed by atoms with Crippen LogP contribution in [0, 0.1) is 0 Å². The lowest BCUT2D eigenvalue weighted by Gasteiger charge is -2.18. The lowest BCUT2D eigenvalue weighted by Crippen LogP contribution is -2.34. The first kappa shape index (κ1) is 17.4. The van der Waals surface area contributed by atoms with Crippen LogP contribution in [0.1, 0.15) is 61.7 Å². The van der Waals surface area contributed by atoms with Gasteiger partial charge in [-0.05, 0) is 43.9 Å². The summed E-state index contributed by atoms with van der Waals surface area (Å²) in [6, 6.07) is 6.45. The van der Waals surface area contributed by atoms with Crippen molar-refractivity contribution in [2.75, 3.05) is 13.1 Å². The highest BCUT2D eigenvalue weighted by molar-refractivity contribution is 7.89. The van der Waals surface area contributed by atoms with Gasteiger partial charge in [-0.1, -0.05) is 31.7 Å². The van der Waals surface area contributed by atoms with Crippen LogP contribution in [0.3, 0.4) is 0 Å². The molecule has 5 nitrogen and oxygen atoms in total. The van der Waals surface area contributed by atoms with Crippen LogP contribution in [-0.4, -0.2) is 38.4 Å². The summed E-state index contributed by atoms with van der Waals surface area (Å²) in [4.78, 5) is 14.5. The van der Waals surface area contributed by atoms with Gasteiger partial charge in [-0.25, -0.2) is 13.1 Å². The molecule has 6 heteroatoms. The van der Waals surface area contributed by atoms with Crippen molar-refractivity contribution in [1.82, 2.24) is 9.62 Å². The van der Waals surface area contributed by atoms with Gasteiger partial charge in [0.05, 0.1) is 4.90 Å². The summed E-state index contributed by atoms with van der Waals surface area (Å²) in [5.41, 5.74) is 0.459. The molecule has 132 valence electrons. The molecule has 0 radical (unpaired) electrons. The third kappa shape index (κ3) is 4.16. The monoisotopic (exact) mass is 350 g/mol. The quantitative estimate of drug-likeness (QED) is 0.849. The summed E-state index contributed by atoms with van der Waals surface area (Å²) in [5.74, 6) is -0.0704. The molecule has 1 aromatic carbocycles. The van der Waals surface area contributed by atoms with Crippen LogP contribution >= 0.6 is 0 Å². The van der Waals surface area contributed by atoms with Gasteiger partial charge in [0.1, 0.15) is 0 Å². The van der Waals surface area contributed by atoms with Crippen molar-refractivity contribution < 1.29 is 13.2 Å². The molecule has 1 amide bonds. The Bertz CT molecular complexity index is 673. The number of likely N-dealkylation sites (tertiary alicyclic amines) is 1. The largest absolute Gasteiger partial charge is 0.339 e. The van der Waals surface area contributed by atoms with Crippen LogP contribution in [0.4, 0.5) is 0 Å². The molecule has 1 aliphatic heterocycles. The number of hydrogen-bond donors (Lipinski definition) is 1. The van der Waals surface area contributed by atoms with Crippen LogP contribution in [0.5, 0.6) is 0 Å². The minimum Gasteiger partial charge on any atom is -0.339 e. The highest BCUT2D eigenvalue weighted by Crippen LogP contribution is 2.21. The molecule has 0 aromatic heterocycles. The molecule has 2 aliphatic rings. The first-order valence-corrected chi connectivity index (χ1v) is 10.5. The van der Waals surface area contributed by atoms with Gasteiger partial charge in [-0.3, -0.25) is 4.79 Å². The van der Waals surface area contributed by atoms with Crippen molar-refractivity contribution in [3.8, 4) is 0 Å². The first-order valence-electron chi connectivity index (χ1n) is 8.98. The van der Waals surface area contributed by atoms with E-state index in [2.05, 4.69) is 4.72 Å². The van der Waals surface area contributed by atoms with Gasteiger partial charge in [-0.15, -0.1) is 0 Å². The zero-order valence-electron chi connectivity index (χ0n) is 14.0. The zero-order valence-corrected chi connectivity index (χ0v) is 14.9. The molecule has 1 saturated carbocycles. The van der Waals surface area contributed by atoms with E-state index >= 15 is 0 Å². The van der Waals surface area contributed by atoms with Gasteiger partial charge in [0.25, 0.3) is 5.91 Å². The lowest BCUT2D eigenvalue weighted by atomic mass is 10.1. The smallest absolute Gasteiger partial charge is 0.253 e. The van der Waals surface area contributed by atoms with Crippen molar-refractivity contribution in [3.63, 3.8) is 0 Å². The summed E-state index contributed by atoms with van der Waals surface area (Å²) in [6.07, 6.45) is 8.33. The molecule has 0 spiro atoms. The molecule has 1 N–H and O–H groups in total. The highest BCUT2D eigenvalue weighted by atomic mass is 32.2. The van der Waals surface area contributed by atoms with Gasteiger partial charge >= 0.3 is 0 Å². The second kappa shape index (κ2) is 7.66. The third-order valence-electron chi connectivity index (χ3n) is 4.96. The second-order valence-electron chi connectivity index (χ2n) is 6.84. The number of nitrogens with zero attached hydrogens (tertiary/aromatic N) is 1. The molecule has 1 aromatic rings. The van der Waals surface area contributed by atoms with Crippen LogP contribution < -0.4 is 4.72 Å². The molecule has 3 rings (SSSR count). The maximum absolute atomic E-state index is 12.7. The SMILES string of the molecule is O=C(c1cccc(S(=O)(=O)NC2CCCCCC2)c1)N1CCCC1. The first-order chi connectivity index (χ1) is 11.6. The Kier molecular flexibility index (Phi) is 5.56. The molecular weight excluding hydrogens is 324 g/mol. The van der Waals surface area contributed by atoms with E-state index in [0.717, 1.165) is 51.6 Å². The van der Waals surface area contributed by atoms with Crippen molar-refractivity contribution in [2.24, 2.45) is 0 Å². The van der Waals surface area contributed by atoms with Gasteiger partial charge in [0.2, 0.25) is 10.0 Å². The van der Waals surface area contributed by atoms with Crippen LogP contribution in [0.25, 0.3) is 0 Å². The molecular formula is C18H26N2O3S. The van der Waals surface area contributed by atoms with Crippen LogP contribution in [0.2, 0.25) is 0 Å². The molecule has 0 unspecified atom stereocenters. The normalized spacial score (nSPS) is 20.1. The molecule has 1 saturated heterocycles. The van der Waals surface area contributed by atoms with E-state index in [1.165, 1.54) is 18.9 Å². The standard InChI is InChI=1S/C18H26N2O3S/c21-18(20-12-5-6-13-20)15-8-7-11-17(14-15)24(22,23)19-16-9-3-1-2-4-10-16/h7-8,11,14,16,19H,1-6,9-10,12-13H2. The van der Waals surface area contributed by atoms with E-state index < -0.39 is 10.0 Å². The van der Waals surface area contributed by atoms with E-state index in [1.807, 2.05) is 0 Å².